The van der Waals surface area contributed by atoms with Crippen LogP contribution in [-0.2, 0) is 0 Å². The third-order valence-corrected chi connectivity index (χ3v) is 4.55. The molecule has 1 amide bonds. The van der Waals surface area contributed by atoms with E-state index in [0.29, 0.717) is 39.9 Å². The summed E-state index contributed by atoms with van der Waals surface area (Å²) in [6, 6.07) is 9.82. The Morgan fingerprint density at radius 2 is 1.87 bits per heavy atom. The van der Waals surface area contributed by atoms with Gasteiger partial charge in [0.15, 0.2) is 17.3 Å². The van der Waals surface area contributed by atoms with Crippen molar-refractivity contribution in [3.63, 3.8) is 0 Å². The predicted molar refractivity (Wildman–Crippen MR) is 108 cm³/mol. The Morgan fingerprint density at radius 1 is 1.17 bits per heavy atom. The molecule has 3 aromatic rings. The molecule has 0 bridgehead atoms. The number of amides is 1. The molecule has 1 unspecified atom stereocenters. The minimum atomic E-state index is -0.941. The van der Waals surface area contributed by atoms with E-state index in [-0.39, 0.29) is 0 Å². The Labute approximate surface area is 173 Å². The first-order chi connectivity index (χ1) is 14.5. The molecule has 0 saturated heterocycles. The van der Waals surface area contributed by atoms with Gasteiger partial charge in [-0.05, 0) is 36.8 Å². The van der Waals surface area contributed by atoms with Crippen molar-refractivity contribution in [3.05, 3.63) is 59.5 Å². The zero-order chi connectivity index (χ0) is 21.7. The normalized spacial score (nSPS) is 11.3. The van der Waals surface area contributed by atoms with Gasteiger partial charge < -0.3 is 19.5 Å². The first-order valence-corrected chi connectivity index (χ1v) is 9.00. The van der Waals surface area contributed by atoms with Gasteiger partial charge in [0.25, 0.3) is 5.91 Å². The Hall–Kier alpha value is -4.06. The zero-order valence-electron chi connectivity index (χ0n) is 17.0. The van der Waals surface area contributed by atoms with Crippen molar-refractivity contribution in [2.24, 2.45) is 0 Å². The van der Waals surface area contributed by atoms with Crippen molar-refractivity contribution >= 4 is 5.91 Å². The summed E-state index contributed by atoms with van der Waals surface area (Å²) in [6.07, 6.45) is 3.09. The van der Waals surface area contributed by atoms with Crippen LogP contribution in [0, 0.1) is 18.3 Å². The van der Waals surface area contributed by atoms with Crippen LogP contribution in [0.3, 0.4) is 0 Å². The van der Waals surface area contributed by atoms with Crippen LogP contribution in [0.4, 0.5) is 0 Å². The molecule has 0 fully saturated rings. The fraction of sp³-hybridized carbons (Fsp3) is 0.238. The number of aromatic nitrogens is 3. The number of hydrogen-bond donors (Lipinski definition) is 1. The summed E-state index contributed by atoms with van der Waals surface area (Å²) in [5, 5.41) is 16.6. The van der Waals surface area contributed by atoms with Gasteiger partial charge >= 0.3 is 0 Å². The number of ether oxygens (including phenoxy) is 3. The molecule has 1 aromatic carbocycles. The van der Waals surface area contributed by atoms with Crippen LogP contribution in [0.15, 0.2) is 42.7 Å². The molecule has 1 N–H and O–H groups in total. The number of pyridine rings is 1. The number of nitrogens with zero attached hydrogens (tertiary/aromatic N) is 4. The van der Waals surface area contributed by atoms with Crippen molar-refractivity contribution in [3.8, 4) is 29.1 Å². The van der Waals surface area contributed by atoms with Gasteiger partial charge in [0, 0.05) is 6.20 Å². The van der Waals surface area contributed by atoms with Crippen LogP contribution < -0.4 is 19.5 Å². The Bertz CT molecular complexity index is 1060. The van der Waals surface area contributed by atoms with Gasteiger partial charge in [-0.2, -0.15) is 10.4 Å². The standard InChI is InChI=1S/C21H21N5O4/c1-13-15(12-24-26(13)19-7-5-6-8-23-19)21(27)25-16(11-22)14-9-17(28-2)20(30-4)18(10-14)29-3/h5-10,12,16H,1-4H3,(H,25,27). The third kappa shape index (κ3) is 3.89. The summed E-state index contributed by atoms with van der Waals surface area (Å²) >= 11 is 0. The maximum Gasteiger partial charge on any atom is 0.256 e. The summed E-state index contributed by atoms with van der Waals surface area (Å²) in [5.41, 5.74) is 1.44. The van der Waals surface area contributed by atoms with Crippen molar-refractivity contribution in [2.45, 2.75) is 13.0 Å². The van der Waals surface area contributed by atoms with Crippen molar-refractivity contribution in [2.75, 3.05) is 21.3 Å². The molecule has 0 aliphatic rings. The number of benzene rings is 1. The largest absolute Gasteiger partial charge is 0.493 e. The van der Waals surface area contributed by atoms with Gasteiger partial charge in [0.2, 0.25) is 5.75 Å². The van der Waals surface area contributed by atoms with E-state index >= 15 is 0 Å². The van der Waals surface area contributed by atoms with Gasteiger partial charge in [-0.3, -0.25) is 4.79 Å². The molecule has 9 heteroatoms. The fourth-order valence-electron chi connectivity index (χ4n) is 3.01. The van der Waals surface area contributed by atoms with E-state index in [1.807, 2.05) is 6.07 Å². The first kappa shape index (κ1) is 20.7. The quantitative estimate of drug-likeness (QED) is 0.641. The highest BCUT2D eigenvalue weighted by atomic mass is 16.5. The minimum Gasteiger partial charge on any atom is -0.493 e. The van der Waals surface area contributed by atoms with Gasteiger partial charge in [-0.1, -0.05) is 6.07 Å². The van der Waals surface area contributed by atoms with Crippen LogP contribution in [0.5, 0.6) is 17.2 Å². The van der Waals surface area contributed by atoms with Gasteiger partial charge in [-0.15, -0.1) is 0 Å². The molecule has 3 rings (SSSR count). The lowest BCUT2D eigenvalue weighted by atomic mass is 10.1. The summed E-state index contributed by atoms with van der Waals surface area (Å²) in [6.45, 7) is 1.76. The smallest absolute Gasteiger partial charge is 0.256 e. The molecule has 0 aliphatic heterocycles. The van der Waals surface area contributed by atoms with Crippen LogP contribution in [0.2, 0.25) is 0 Å². The highest BCUT2D eigenvalue weighted by Gasteiger charge is 2.23. The lowest BCUT2D eigenvalue weighted by Crippen LogP contribution is -2.28. The molecule has 0 spiro atoms. The second-order valence-electron chi connectivity index (χ2n) is 6.24. The number of carbonyl (C=O) groups excluding carboxylic acids is 1. The van der Waals surface area contributed by atoms with Gasteiger partial charge in [0.1, 0.15) is 6.04 Å². The summed E-state index contributed by atoms with van der Waals surface area (Å²) < 4.78 is 17.5. The molecule has 0 aliphatic carbocycles. The SMILES string of the molecule is COc1cc(C(C#N)NC(=O)c2cnn(-c3ccccn3)c2C)cc(OC)c1OC. The first-order valence-electron chi connectivity index (χ1n) is 9.00. The number of methoxy groups -OCH3 is 3. The lowest BCUT2D eigenvalue weighted by Gasteiger charge is -2.17. The fourth-order valence-corrected chi connectivity index (χ4v) is 3.01. The molecule has 30 heavy (non-hydrogen) atoms. The van der Waals surface area contributed by atoms with Crippen molar-refractivity contribution < 1.29 is 19.0 Å². The van der Waals surface area contributed by atoms with Gasteiger partial charge in [0.05, 0.1) is 44.9 Å². The molecule has 1 atom stereocenters. The number of nitrogens with one attached hydrogen (secondary N) is 1. The second kappa shape index (κ2) is 8.96. The van der Waals surface area contributed by atoms with E-state index in [0.717, 1.165) is 0 Å². The topological polar surface area (TPSA) is 111 Å². The highest BCUT2D eigenvalue weighted by molar-refractivity contribution is 5.95. The van der Waals surface area contributed by atoms with E-state index in [9.17, 15) is 10.1 Å². The van der Waals surface area contributed by atoms with Gasteiger partial charge in [-0.25, -0.2) is 9.67 Å². The van der Waals surface area contributed by atoms with E-state index in [1.54, 1.807) is 42.1 Å². The van der Waals surface area contributed by atoms with E-state index < -0.39 is 11.9 Å². The van der Waals surface area contributed by atoms with Crippen LogP contribution in [0.1, 0.15) is 27.7 Å². The Morgan fingerprint density at radius 3 is 2.40 bits per heavy atom. The van der Waals surface area contributed by atoms with E-state index in [4.69, 9.17) is 14.2 Å². The summed E-state index contributed by atoms with van der Waals surface area (Å²) in [5.74, 6) is 1.34. The molecular weight excluding hydrogens is 386 g/mol. The Kier molecular flexibility index (Phi) is 6.17. The highest BCUT2D eigenvalue weighted by Crippen LogP contribution is 2.39. The third-order valence-electron chi connectivity index (χ3n) is 4.55. The maximum absolute atomic E-state index is 12.9. The van der Waals surface area contributed by atoms with Crippen molar-refractivity contribution in [1.82, 2.24) is 20.1 Å². The summed E-state index contributed by atoms with van der Waals surface area (Å²) in [4.78, 5) is 17.1. The number of nitriles is 1. The molecule has 2 aromatic heterocycles. The second-order valence-corrected chi connectivity index (χ2v) is 6.24. The minimum absolute atomic E-state index is 0.341. The molecular formula is C21H21N5O4. The summed E-state index contributed by atoms with van der Waals surface area (Å²) in [7, 11) is 4.46. The Balaban J connectivity index is 1.89. The monoisotopic (exact) mass is 407 g/mol. The van der Waals surface area contributed by atoms with Crippen LogP contribution in [-0.4, -0.2) is 42.0 Å². The average Bonchev–Trinajstić information content (AvgIpc) is 3.18. The van der Waals surface area contributed by atoms with Crippen LogP contribution in [0.25, 0.3) is 5.82 Å². The molecule has 0 saturated carbocycles. The zero-order valence-corrected chi connectivity index (χ0v) is 17.0. The number of rotatable bonds is 7. The molecule has 0 radical (unpaired) electrons. The maximum atomic E-state index is 12.9. The lowest BCUT2D eigenvalue weighted by molar-refractivity contribution is 0.0944. The average molecular weight is 407 g/mol. The number of carbonyl (C=O) groups is 1. The van der Waals surface area contributed by atoms with Crippen molar-refractivity contribution in [1.29, 1.82) is 5.26 Å². The van der Waals surface area contributed by atoms with Crippen LogP contribution >= 0.6 is 0 Å². The number of hydrogen-bond acceptors (Lipinski definition) is 7. The molecule has 154 valence electrons. The molecule has 2 heterocycles. The molecule has 9 nitrogen and oxygen atoms in total. The van der Waals surface area contributed by atoms with E-state index in [2.05, 4.69) is 21.5 Å². The van der Waals surface area contributed by atoms with E-state index in [1.165, 1.54) is 27.5 Å². The predicted octanol–water partition coefficient (Wildman–Crippen LogP) is 2.60.